The number of nitrogens with two attached hydrogens (primary N) is 1. The molecule has 0 aliphatic heterocycles. The van der Waals surface area contributed by atoms with Crippen LogP contribution >= 0.6 is 27.3 Å². The lowest BCUT2D eigenvalue weighted by atomic mass is 10.3. The first-order valence-corrected chi connectivity index (χ1v) is 8.23. The van der Waals surface area contributed by atoms with Crippen molar-refractivity contribution >= 4 is 43.0 Å². The third kappa shape index (κ3) is 3.30. The summed E-state index contributed by atoms with van der Waals surface area (Å²) in [5.74, 6) is -0.875. The van der Waals surface area contributed by atoms with Crippen molar-refractivity contribution in [2.75, 3.05) is 5.73 Å². The zero-order chi connectivity index (χ0) is 14.0. The first-order chi connectivity index (χ1) is 8.90. The second kappa shape index (κ2) is 5.53. The van der Waals surface area contributed by atoms with Gasteiger partial charge in [0.15, 0.2) is 5.82 Å². The normalized spacial score (nSPS) is 11.7. The predicted octanol–water partition coefficient (Wildman–Crippen LogP) is 2.11. The van der Waals surface area contributed by atoms with Crippen LogP contribution in [0.1, 0.15) is 5.69 Å². The Balaban J connectivity index is 2.29. The molecule has 0 bridgehead atoms. The molecular weight excluding hydrogens is 357 g/mol. The van der Waals surface area contributed by atoms with Gasteiger partial charge in [-0.3, -0.25) is 0 Å². The van der Waals surface area contributed by atoms with E-state index in [2.05, 4.69) is 25.6 Å². The lowest BCUT2D eigenvalue weighted by molar-refractivity contribution is 0.553. The van der Waals surface area contributed by atoms with E-state index in [1.165, 1.54) is 17.4 Å². The van der Waals surface area contributed by atoms with Gasteiger partial charge in [0.1, 0.15) is 4.90 Å². The molecule has 0 aliphatic rings. The summed E-state index contributed by atoms with van der Waals surface area (Å²) < 4.78 is 40.1. The van der Waals surface area contributed by atoms with E-state index in [1.54, 1.807) is 10.9 Å². The molecule has 0 saturated carbocycles. The van der Waals surface area contributed by atoms with Crippen molar-refractivity contribution in [2.45, 2.75) is 11.4 Å². The summed E-state index contributed by atoms with van der Waals surface area (Å²) in [7, 11) is -3.98. The lowest BCUT2D eigenvalue weighted by Gasteiger charge is -2.08. The second-order valence-electron chi connectivity index (χ2n) is 3.62. The number of anilines is 1. The van der Waals surface area contributed by atoms with Crippen LogP contribution in [-0.4, -0.2) is 13.4 Å². The molecule has 3 N–H and O–H groups in total. The Bertz CT molecular complexity index is 689. The molecule has 1 heterocycles. The zero-order valence-electron chi connectivity index (χ0n) is 9.43. The third-order valence-corrected chi connectivity index (χ3v) is 4.85. The van der Waals surface area contributed by atoms with Crippen molar-refractivity contribution in [3.63, 3.8) is 0 Å². The average molecular weight is 366 g/mol. The Morgan fingerprint density at radius 3 is 2.84 bits per heavy atom. The number of nitrogen functional groups attached to an aromatic ring is 1. The Labute approximate surface area is 121 Å². The minimum Gasteiger partial charge on any atom is -0.399 e. The molecule has 0 radical (unpaired) electrons. The van der Waals surface area contributed by atoms with Gasteiger partial charge in [0.05, 0.1) is 22.2 Å². The van der Waals surface area contributed by atoms with Crippen molar-refractivity contribution in [3.8, 4) is 0 Å². The standard InChI is InChI=1S/C10H9BrFN3O2S2/c11-8-1-6(13)2-9(10(8)12)19(16,17)15-3-7-4-18-5-14-7/h1-2,4-5,15H,3,13H2. The van der Waals surface area contributed by atoms with Gasteiger partial charge in [-0.25, -0.2) is 22.5 Å². The molecule has 5 nitrogen and oxygen atoms in total. The van der Waals surface area contributed by atoms with Crippen LogP contribution in [0.15, 0.2) is 32.4 Å². The Kier molecular flexibility index (Phi) is 4.19. The van der Waals surface area contributed by atoms with Gasteiger partial charge in [-0.2, -0.15) is 0 Å². The van der Waals surface area contributed by atoms with Crippen molar-refractivity contribution in [3.05, 3.63) is 39.0 Å². The zero-order valence-corrected chi connectivity index (χ0v) is 12.6. The number of aromatic nitrogens is 1. The minimum atomic E-state index is -3.98. The highest BCUT2D eigenvalue weighted by Gasteiger charge is 2.21. The van der Waals surface area contributed by atoms with E-state index >= 15 is 0 Å². The second-order valence-corrected chi connectivity index (χ2v) is 6.93. The molecule has 2 aromatic rings. The van der Waals surface area contributed by atoms with Crippen LogP contribution in [0, 0.1) is 5.82 Å². The molecule has 0 aliphatic carbocycles. The van der Waals surface area contributed by atoms with Crippen molar-refractivity contribution in [1.82, 2.24) is 9.71 Å². The summed E-state index contributed by atoms with van der Waals surface area (Å²) in [4.78, 5) is 3.44. The largest absolute Gasteiger partial charge is 0.399 e. The van der Waals surface area contributed by atoms with Crippen LogP contribution in [0.4, 0.5) is 10.1 Å². The van der Waals surface area contributed by atoms with E-state index in [0.717, 1.165) is 6.07 Å². The van der Waals surface area contributed by atoms with E-state index in [4.69, 9.17) is 5.73 Å². The number of benzene rings is 1. The molecule has 0 amide bonds. The highest BCUT2D eigenvalue weighted by atomic mass is 79.9. The van der Waals surface area contributed by atoms with Crippen LogP contribution in [0.2, 0.25) is 0 Å². The van der Waals surface area contributed by atoms with Crippen LogP contribution in [0.3, 0.4) is 0 Å². The van der Waals surface area contributed by atoms with E-state index < -0.39 is 20.7 Å². The molecular formula is C10H9BrFN3O2S2. The van der Waals surface area contributed by atoms with Crippen LogP contribution < -0.4 is 10.5 Å². The predicted molar refractivity (Wildman–Crippen MR) is 74.7 cm³/mol. The quantitative estimate of drug-likeness (QED) is 0.812. The lowest BCUT2D eigenvalue weighted by Crippen LogP contribution is -2.24. The topological polar surface area (TPSA) is 85.1 Å². The van der Waals surface area contributed by atoms with Gasteiger partial charge in [-0.15, -0.1) is 11.3 Å². The maximum atomic E-state index is 13.8. The first-order valence-electron chi connectivity index (χ1n) is 5.01. The maximum absolute atomic E-state index is 13.8. The summed E-state index contributed by atoms with van der Waals surface area (Å²) in [5, 5.41) is 1.70. The smallest absolute Gasteiger partial charge is 0.243 e. The maximum Gasteiger partial charge on any atom is 0.243 e. The summed E-state index contributed by atoms with van der Waals surface area (Å²) in [6.07, 6.45) is 0. The summed E-state index contributed by atoms with van der Waals surface area (Å²) in [6.45, 7) is -0.00229. The van der Waals surface area contributed by atoms with Gasteiger partial charge in [0, 0.05) is 11.1 Å². The molecule has 0 spiro atoms. The monoisotopic (exact) mass is 365 g/mol. The molecule has 0 saturated heterocycles. The molecule has 0 fully saturated rings. The first kappa shape index (κ1) is 14.4. The van der Waals surface area contributed by atoms with Gasteiger partial charge in [0.2, 0.25) is 10.0 Å². The summed E-state index contributed by atoms with van der Waals surface area (Å²) in [5.41, 5.74) is 7.82. The van der Waals surface area contributed by atoms with Gasteiger partial charge in [-0.05, 0) is 28.1 Å². The number of halogens is 2. The summed E-state index contributed by atoms with van der Waals surface area (Å²) >= 11 is 4.27. The fourth-order valence-corrected chi connectivity index (χ4v) is 3.65. The average Bonchev–Trinajstić information content (AvgIpc) is 2.84. The molecule has 102 valence electrons. The fourth-order valence-electron chi connectivity index (χ4n) is 1.35. The van der Waals surface area contributed by atoms with Crippen molar-refractivity contribution in [2.24, 2.45) is 0 Å². The number of nitrogens with zero attached hydrogens (tertiary/aromatic N) is 1. The van der Waals surface area contributed by atoms with E-state index in [-0.39, 0.29) is 16.7 Å². The number of nitrogens with one attached hydrogen (secondary N) is 1. The summed E-state index contributed by atoms with van der Waals surface area (Å²) in [6, 6.07) is 2.37. The third-order valence-electron chi connectivity index (χ3n) is 2.23. The molecule has 1 aromatic heterocycles. The molecule has 9 heteroatoms. The van der Waals surface area contributed by atoms with E-state index in [1.807, 2.05) is 0 Å². The van der Waals surface area contributed by atoms with Crippen LogP contribution in [0.25, 0.3) is 0 Å². The Morgan fingerprint density at radius 1 is 1.47 bits per heavy atom. The minimum absolute atomic E-state index is 0.00142. The molecule has 2 rings (SSSR count). The Hall–Kier alpha value is -1.03. The number of thiazole rings is 1. The van der Waals surface area contributed by atoms with Crippen LogP contribution in [-0.2, 0) is 16.6 Å². The fraction of sp³-hybridized carbons (Fsp3) is 0.100. The molecule has 0 unspecified atom stereocenters. The Morgan fingerprint density at radius 2 is 2.21 bits per heavy atom. The highest BCUT2D eigenvalue weighted by molar-refractivity contribution is 9.10. The highest BCUT2D eigenvalue weighted by Crippen LogP contribution is 2.26. The van der Waals surface area contributed by atoms with Crippen molar-refractivity contribution < 1.29 is 12.8 Å². The van der Waals surface area contributed by atoms with Gasteiger partial charge >= 0.3 is 0 Å². The molecule has 0 atom stereocenters. The number of hydrogen-bond acceptors (Lipinski definition) is 5. The van der Waals surface area contributed by atoms with Crippen LogP contribution in [0.5, 0.6) is 0 Å². The van der Waals surface area contributed by atoms with Crippen molar-refractivity contribution in [1.29, 1.82) is 0 Å². The number of sulfonamides is 1. The SMILES string of the molecule is Nc1cc(Br)c(F)c(S(=O)(=O)NCc2cscn2)c1. The molecule has 19 heavy (non-hydrogen) atoms. The number of hydrogen-bond donors (Lipinski definition) is 2. The van der Waals surface area contributed by atoms with E-state index in [0.29, 0.717) is 5.69 Å². The number of rotatable bonds is 4. The van der Waals surface area contributed by atoms with Gasteiger partial charge in [0.25, 0.3) is 0 Å². The molecule has 1 aromatic carbocycles. The van der Waals surface area contributed by atoms with Gasteiger partial charge < -0.3 is 5.73 Å². The van der Waals surface area contributed by atoms with Gasteiger partial charge in [-0.1, -0.05) is 0 Å². The van der Waals surface area contributed by atoms with E-state index in [9.17, 15) is 12.8 Å².